The van der Waals surface area contributed by atoms with Gasteiger partial charge in [0, 0.05) is 25.7 Å². The highest BCUT2D eigenvalue weighted by atomic mass is 31.2. The lowest BCUT2D eigenvalue weighted by atomic mass is 10.0. The quantitative estimate of drug-likeness (QED) is 0.0169. The summed E-state index contributed by atoms with van der Waals surface area (Å²) in [5.74, 6) is -2.21. The average molecular weight is 1500 g/mol. The van der Waals surface area contributed by atoms with Gasteiger partial charge in [-0.25, -0.2) is 9.13 Å². The molecule has 5 atom stereocenters. The van der Waals surface area contributed by atoms with Crippen molar-refractivity contribution in [1.82, 2.24) is 0 Å². The monoisotopic (exact) mass is 1500 g/mol. The van der Waals surface area contributed by atoms with Crippen LogP contribution in [-0.4, -0.2) is 96.7 Å². The van der Waals surface area contributed by atoms with E-state index < -0.39 is 97.5 Å². The summed E-state index contributed by atoms with van der Waals surface area (Å²) in [7, 11) is -9.97. The van der Waals surface area contributed by atoms with Crippen LogP contribution in [0.5, 0.6) is 0 Å². The van der Waals surface area contributed by atoms with Crippen molar-refractivity contribution in [3.05, 3.63) is 122 Å². The SMILES string of the molecule is CC/C=C\C/C=C\C/C=C\C/C=C\CCCCCCC(=O)OCC(COP(=O)(O)OCC(O)COP(=O)(O)OCC(COC(=O)CCCCCCCCC/C=C\C/C=C\C/C=C\CC)OC(=O)CCCCCCCCC/C=C\C/C=C\C/C=C\CC)OC(=O)CCCCCCCCCCCCCCC. The molecule has 0 heterocycles. The molecule has 0 bridgehead atoms. The van der Waals surface area contributed by atoms with E-state index in [4.69, 9.17) is 37.0 Å². The van der Waals surface area contributed by atoms with Gasteiger partial charge in [0.15, 0.2) is 12.2 Å². The first kappa shape index (κ1) is 99.5. The molecule has 104 heavy (non-hydrogen) atoms. The van der Waals surface area contributed by atoms with E-state index >= 15 is 0 Å². The van der Waals surface area contributed by atoms with Crippen molar-refractivity contribution in [2.45, 2.75) is 354 Å². The Kier molecular flexibility index (Phi) is 73.3. The lowest BCUT2D eigenvalue weighted by Gasteiger charge is -2.21. The minimum Gasteiger partial charge on any atom is -0.462 e. The highest BCUT2D eigenvalue weighted by Crippen LogP contribution is 2.45. The Morgan fingerprint density at radius 3 is 0.769 bits per heavy atom. The van der Waals surface area contributed by atoms with Crippen LogP contribution < -0.4 is 0 Å². The number of hydrogen-bond acceptors (Lipinski definition) is 15. The number of unbranched alkanes of at least 4 members (excludes halogenated alkanes) is 30. The molecule has 17 nitrogen and oxygen atoms in total. The van der Waals surface area contributed by atoms with Gasteiger partial charge in [-0.15, -0.1) is 0 Å². The molecule has 0 saturated carbocycles. The summed E-state index contributed by atoms with van der Waals surface area (Å²) in [6.45, 7) is 4.53. The predicted molar refractivity (Wildman–Crippen MR) is 427 cm³/mol. The third kappa shape index (κ3) is 75.7. The van der Waals surface area contributed by atoms with Crippen molar-refractivity contribution in [3.63, 3.8) is 0 Å². The van der Waals surface area contributed by atoms with Gasteiger partial charge in [0.2, 0.25) is 0 Å². The highest BCUT2D eigenvalue weighted by molar-refractivity contribution is 7.47. The van der Waals surface area contributed by atoms with E-state index in [2.05, 4.69) is 149 Å². The number of hydrogen-bond donors (Lipinski definition) is 3. The van der Waals surface area contributed by atoms with Crippen molar-refractivity contribution in [2.75, 3.05) is 39.6 Å². The number of rotatable bonds is 76. The molecule has 0 aromatic rings. The fraction of sp³-hybridized carbons (Fsp3) is 0.718. The van der Waals surface area contributed by atoms with Gasteiger partial charge in [-0.2, -0.15) is 0 Å². The van der Waals surface area contributed by atoms with Gasteiger partial charge in [-0.3, -0.25) is 37.3 Å². The van der Waals surface area contributed by atoms with Gasteiger partial charge in [0.05, 0.1) is 26.4 Å². The van der Waals surface area contributed by atoms with Crippen LogP contribution in [0.4, 0.5) is 0 Å². The molecule has 0 amide bonds. The molecule has 0 rings (SSSR count). The number of ether oxygens (including phenoxy) is 4. The summed E-state index contributed by atoms with van der Waals surface area (Å²) in [4.78, 5) is 73.1. The standard InChI is InChI=1S/C85H146O17P2/c1-5-9-13-17-21-25-29-33-36-39-42-46-49-53-57-61-65-69-82(87)95-75-80(101-84(89)71-67-63-59-55-51-45-32-28-24-20-16-12-8-4)77-99-103(91,92)97-73-79(86)74-98-104(93,94)100-78-81(102-85(90)72-68-64-60-56-52-48-44-41-38-35-31-27-23-19-15-11-7-3)76-96-83(88)70-66-62-58-54-50-47-43-40-37-34-30-26-22-18-14-10-6-2/h9-11,13-15,21-23,25-27,33-38,42,46,79-81,86H,5-8,12,16-20,24,28-32,39-41,43-45,47-78H2,1-4H3,(H,91,92)(H,93,94)/b13-9-,14-10-,15-11-,25-21-,26-22-,27-23-,36-33-,37-34-,38-35-,46-42-. The molecule has 3 N–H and O–H groups in total. The van der Waals surface area contributed by atoms with E-state index in [1.165, 1.54) is 51.4 Å². The normalized spacial score (nSPS) is 14.5. The Morgan fingerprint density at radius 1 is 0.279 bits per heavy atom. The molecule has 0 aromatic heterocycles. The molecule has 5 unspecified atom stereocenters. The summed E-state index contributed by atoms with van der Waals surface area (Å²) < 4.78 is 68.7. The maximum atomic E-state index is 13.1. The largest absolute Gasteiger partial charge is 0.472 e. The zero-order valence-electron chi connectivity index (χ0n) is 65.4. The van der Waals surface area contributed by atoms with Crippen molar-refractivity contribution >= 4 is 39.5 Å². The van der Waals surface area contributed by atoms with Crippen LogP contribution in [0.25, 0.3) is 0 Å². The fourth-order valence-electron chi connectivity index (χ4n) is 10.8. The van der Waals surface area contributed by atoms with Crippen molar-refractivity contribution in [1.29, 1.82) is 0 Å². The number of allylic oxidation sites excluding steroid dienone is 20. The van der Waals surface area contributed by atoms with Crippen molar-refractivity contribution in [2.24, 2.45) is 0 Å². The number of aliphatic hydroxyl groups excluding tert-OH is 1. The molecule has 0 spiro atoms. The molecule has 0 aliphatic carbocycles. The molecule has 19 heteroatoms. The van der Waals surface area contributed by atoms with Gasteiger partial charge in [0.25, 0.3) is 0 Å². The molecular weight excluding hydrogens is 1350 g/mol. The Hall–Kier alpha value is -4.54. The van der Waals surface area contributed by atoms with Crippen LogP contribution in [0.1, 0.15) is 336 Å². The van der Waals surface area contributed by atoms with E-state index in [0.717, 1.165) is 205 Å². The lowest BCUT2D eigenvalue weighted by Crippen LogP contribution is -2.30. The molecule has 0 aliphatic heterocycles. The third-order valence-corrected chi connectivity index (χ3v) is 18.8. The summed E-state index contributed by atoms with van der Waals surface area (Å²) in [5.41, 5.74) is 0. The van der Waals surface area contributed by atoms with Gasteiger partial charge in [0.1, 0.15) is 19.3 Å². The number of carbonyl (C=O) groups excluding carboxylic acids is 4. The van der Waals surface area contributed by atoms with E-state index in [1.54, 1.807) is 0 Å². The number of carbonyl (C=O) groups is 4. The molecule has 0 saturated heterocycles. The Morgan fingerprint density at radius 2 is 0.500 bits per heavy atom. The Bertz CT molecular complexity index is 2440. The van der Waals surface area contributed by atoms with Gasteiger partial charge >= 0.3 is 39.5 Å². The first-order chi connectivity index (χ1) is 50.7. The van der Waals surface area contributed by atoms with Crippen LogP contribution in [-0.2, 0) is 65.4 Å². The molecule has 0 fully saturated rings. The molecule has 0 aliphatic rings. The maximum Gasteiger partial charge on any atom is 0.472 e. The maximum absolute atomic E-state index is 13.1. The molecule has 598 valence electrons. The van der Waals surface area contributed by atoms with Crippen LogP contribution in [0.3, 0.4) is 0 Å². The predicted octanol–water partition coefficient (Wildman–Crippen LogP) is 23.9. The first-order valence-electron chi connectivity index (χ1n) is 40.8. The van der Waals surface area contributed by atoms with Crippen LogP contribution >= 0.6 is 15.6 Å². The fourth-order valence-corrected chi connectivity index (χ4v) is 12.4. The van der Waals surface area contributed by atoms with Crippen LogP contribution in [0.2, 0.25) is 0 Å². The van der Waals surface area contributed by atoms with Gasteiger partial charge in [-0.1, -0.05) is 303 Å². The molecule has 0 aromatic carbocycles. The third-order valence-electron chi connectivity index (χ3n) is 16.9. The summed E-state index contributed by atoms with van der Waals surface area (Å²) in [6, 6.07) is 0. The zero-order valence-corrected chi connectivity index (χ0v) is 67.2. The average Bonchev–Trinajstić information content (AvgIpc) is 0.910. The number of aliphatic hydroxyl groups is 1. The van der Waals surface area contributed by atoms with E-state index in [9.17, 15) is 43.2 Å². The van der Waals surface area contributed by atoms with E-state index in [-0.39, 0.29) is 25.7 Å². The number of phosphoric ester groups is 2. The minimum absolute atomic E-state index is 0.0797. The Balaban J connectivity index is 5.38. The van der Waals surface area contributed by atoms with E-state index in [0.29, 0.717) is 25.7 Å². The molecule has 0 radical (unpaired) electrons. The second kappa shape index (κ2) is 76.6. The van der Waals surface area contributed by atoms with Crippen molar-refractivity contribution < 1.29 is 80.2 Å². The van der Waals surface area contributed by atoms with Crippen molar-refractivity contribution in [3.8, 4) is 0 Å². The smallest absolute Gasteiger partial charge is 0.462 e. The zero-order chi connectivity index (χ0) is 76.0. The molecular formula is C85H146O17P2. The summed E-state index contributed by atoms with van der Waals surface area (Å²) >= 11 is 0. The summed E-state index contributed by atoms with van der Waals surface area (Å²) in [5, 5.41) is 10.7. The first-order valence-corrected chi connectivity index (χ1v) is 43.8. The lowest BCUT2D eigenvalue weighted by molar-refractivity contribution is -0.161. The number of esters is 4. The second-order valence-electron chi connectivity index (χ2n) is 26.9. The van der Waals surface area contributed by atoms with Gasteiger partial charge in [-0.05, 0) is 128 Å². The van der Waals surface area contributed by atoms with E-state index in [1.807, 2.05) is 0 Å². The minimum atomic E-state index is -4.99. The summed E-state index contributed by atoms with van der Waals surface area (Å²) in [6.07, 6.45) is 84.5. The Labute approximate surface area is 632 Å². The topological polar surface area (TPSA) is 237 Å². The number of phosphoric acid groups is 2. The van der Waals surface area contributed by atoms with Crippen LogP contribution in [0.15, 0.2) is 122 Å². The van der Waals surface area contributed by atoms with Gasteiger partial charge < -0.3 is 33.8 Å². The second-order valence-corrected chi connectivity index (χ2v) is 29.8. The van der Waals surface area contributed by atoms with Crippen LogP contribution in [0, 0.1) is 0 Å². The highest BCUT2D eigenvalue weighted by Gasteiger charge is 2.30.